The molecule has 1 aliphatic rings. The lowest BCUT2D eigenvalue weighted by Crippen LogP contribution is -2.41. The lowest BCUT2D eigenvalue weighted by Gasteiger charge is -2.31. The van der Waals surface area contributed by atoms with Gasteiger partial charge in [0.15, 0.2) is 17.8 Å². The van der Waals surface area contributed by atoms with E-state index in [2.05, 4.69) is 21.4 Å². The summed E-state index contributed by atoms with van der Waals surface area (Å²) < 4.78 is 7.25. The molecule has 1 amide bonds. The number of fused-ring (bicyclic) bond motifs is 1. The van der Waals surface area contributed by atoms with E-state index in [0.717, 1.165) is 11.1 Å². The lowest BCUT2D eigenvalue weighted by atomic mass is 9.96. The second-order valence-corrected chi connectivity index (χ2v) is 9.19. The Kier molecular flexibility index (Phi) is 6.50. The Bertz CT molecular complexity index is 1410. The SMILES string of the molecule is Cc1cccc(Cn2nnc3c(=O)[nH]c(C4CCN(C(=O)COc5ccc(Cl)cc5)CC4)nc32)c1. The van der Waals surface area contributed by atoms with Crippen LogP contribution in [0, 0.1) is 6.92 Å². The van der Waals surface area contributed by atoms with Gasteiger partial charge < -0.3 is 14.6 Å². The second kappa shape index (κ2) is 9.87. The molecule has 1 N–H and O–H groups in total. The third-order valence-corrected chi connectivity index (χ3v) is 6.47. The van der Waals surface area contributed by atoms with Crippen LogP contribution in [0.1, 0.15) is 35.7 Å². The van der Waals surface area contributed by atoms with Gasteiger partial charge in [-0.15, -0.1) is 5.10 Å². The maximum absolute atomic E-state index is 12.7. The minimum absolute atomic E-state index is 0.0306. The number of carbonyl (C=O) groups excluding carboxylic acids is 1. The van der Waals surface area contributed by atoms with Gasteiger partial charge in [0, 0.05) is 24.0 Å². The molecule has 1 saturated heterocycles. The molecule has 4 aromatic rings. The molecule has 10 heteroatoms. The van der Waals surface area contributed by atoms with E-state index in [-0.39, 0.29) is 29.5 Å². The highest BCUT2D eigenvalue weighted by Crippen LogP contribution is 2.26. The fourth-order valence-corrected chi connectivity index (χ4v) is 4.46. The van der Waals surface area contributed by atoms with Gasteiger partial charge >= 0.3 is 0 Å². The summed E-state index contributed by atoms with van der Waals surface area (Å²) in [6, 6.07) is 15.0. The Morgan fingerprint density at radius 1 is 1.17 bits per heavy atom. The van der Waals surface area contributed by atoms with Crippen LogP contribution in [-0.2, 0) is 11.3 Å². The van der Waals surface area contributed by atoms with E-state index in [9.17, 15) is 9.59 Å². The molecule has 0 bridgehead atoms. The predicted molar refractivity (Wildman–Crippen MR) is 132 cm³/mol. The van der Waals surface area contributed by atoms with Crippen LogP contribution in [0.25, 0.3) is 11.2 Å². The number of amides is 1. The molecule has 9 nitrogen and oxygen atoms in total. The molecule has 0 saturated carbocycles. The van der Waals surface area contributed by atoms with Crippen LogP contribution >= 0.6 is 11.6 Å². The first-order chi connectivity index (χ1) is 17.0. The van der Waals surface area contributed by atoms with Crippen molar-refractivity contribution in [3.05, 3.63) is 80.9 Å². The van der Waals surface area contributed by atoms with Crippen LogP contribution in [0.5, 0.6) is 5.75 Å². The molecule has 2 aromatic carbocycles. The molecule has 35 heavy (non-hydrogen) atoms. The number of nitrogens with one attached hydrogen (secondary N) is 1. The van der Waals surface area contributed by atoms with Gasteiger partial charge in [-0.3, -0.25) is 9.59 Å². The third-order valence-electron chi connectivity index (χ3n) is 6.22. The number of aryl methyl sites for hydroxylation is 1. The van der Waals surface area contributed by atoms with Crippen LogP contribution < -0.4 is 10.3 Å². The molecule has 2 aromatic heterocycles. The molecule has 1 fully saturated rings. The highest BCUT2D eigenvalue weighted by atomic mass is 35.5. The van der Waals surface area contributed by atoms with Crippen LogP contribution in [-0.4, -0.2) is 55.5 Å². The monoisotopic (exact) mass is 492 g/mol. The number of H-pyrrole nitrogens is 1. The van der Waals surface area contributed by atoms with Crippen molar-refractivity contribution >= 4 is 28.7 Å². The Labute approximate surface area is 206 Å². The van der Waals surface area contributed by atoms with Gasteiger partial charge in [0.05, 0.1) is 6.54 Å². The molecule has 3 heterocycles. The largest absolute Gasteiger partial charge is 0.484 e. The summed E-state index contributed by atoms with van der Waals surface area (Å²) >= 11 is 5.88. The number of ether oxygens (including phenoxy) is 1. The summed E-state index contributed by atoms with van der Waals surface area (Å²) in [5.74, 6) is 1.18. The fraction of sp³-hybridized carbons (Fsp3) is 0.320. The number of benzene rings is 2. The van der Waals surface area contributed by atoms with E-state index < -0.39 is 0 Å². The highest BCUT2D eigenvalue weighted by Gasteiger charge is 2.26. The molecular weight excluding hydrogens is 468 g/mol. The van der Waals surface area contributed by atoms with Crippen LogP contribution in [0.3, 0.4) is 0 Å². The smallest absolute Gasteiger partial charge is 0.281 e. The van der Waals surface area contributed by atoms with Gasteiger partial charge in [-0.05, 0) is 49.6 Å². The van der Waals surface area contributed by atoms with Gasteiger partial charge in [0.25, 0.3) is 11.5 Å². The molecule has 5 rings (SSSR count). The number of piperidine rings is 1. The molecular formula is C25H25ClN6O3. The molecule has 0 atom stereocenters. The van der Waals surface area contributed by atoms with Gasteiger partial charge in [-0.1, -0.05) is 46.6 Å². The van der Waals surface area contributed by atoms with Crippen molar-refractivity contribution < 1.29 is 9.53 Å². The van der Waals surface area contributed by atoms with Crippen molar-refractivity contribution in [2.75, 3.05) is 19.7 Å². The van der Waals surface area contributed by atoms with Gasteiger partial charge in [0.1, 0.15) is 11.6 Å². The molecule has 180 valence electrons. The zero-order valence-electron chi connectivity index (χ0n) is 19.3. The van der Waals surface area contributed by atoms with Crippen LogP contribution in [0.4, 0.5) is 0 Å². The van der Waals surface area contributed by atoms with Crippen LogP contribution in [0.15, 0.2) is 53.3 Å². The number of aromatic amines is 1. The molecule has 1 aliphatic heterocycles. The number of hydrogen-bond acceptors (Lipinski definition) is 6. The third kappa shape index (κ3) is 5.19. The molecule has 0 radical (unpaired) electrons. The summed E-state index contributed by atoms with van der Waals surface area (Å²) in [4.78, 5) is 34.7. The summed E-state index contributed by atoms with van der Waals surface area (Å²) in [6.07, 6.45) is 1.39. The number of hydrogen-bond donors (Lipinski definition) is 1. The van der Waals surface area contributed by atoms with Crippen molar-refractivity contribution in [1.29, 1.82) is 0 Å². The average molecular weight is 493 g/mol. The van der Waals surface area contributed by atoms with E-state index in [1.54, 1.807) is 33.8 Å². The second-order valence-electron chi connectivity index (χ2n) is 8.76. The molecule has 0 unspecified atom stereocenters. The van der Waals surface area contributed by atoms with Crippen molar-refractivity contribution in [2.45, 2.75) is 32.2 Å². The first-order valence-electron chi connectivity index (χ1n) is 11.5. The predicted octanol–water partition coefficient (Wildman–Crippen LogP) is 3.31. The van der Waals surface area contributed by atoms with E-state index in [4.69, 9.17) is 21.3 Å². The summed E-state index contributed by atoms with van der Waals surface area (Å²) in [6.45, 7) is 3.61. The maximum Gasteiger partial charge on any atom is 0.281 e. The Morgan fingerprint density at radius 3 is 2.69 bits per heavy atom. The average Bonchev–Trinajstić information content (AvgIpc) is 3.27. The summed E-state index contributed by atoms with van der Waals surface area (Å²) in [5, 5.41) is 8.82. The number of carbonyl (C=O) groups is 1. The zero-order valence-corrected chi connectivity index (χ0v) is 20.0. The van der Waals surface area contributed by atoms with Gasteiger partial charge in [0.2, 0.25) is 0 Å². The first kappa shape index (κ1) is 23.0. The quantitative estimate of drug-likeness (QED) is 0.442. The van der Waals surface area contributed by atoms with Crippen molar-refractivity contribution in [3.63, 3.8) is 0 Å². The number of aromatic nitrogens is 5. The Morgan fingerprint density at radius 2 is 1.94 bits per heavy atom. The standard InChI is InChI=1S/C25H25ClN6O3/c1-16-3-2-4-17(13-16)14-32-24-22(29-30-32)25(34)28-23(27-24)18-9-11-31(12-10-18)21(33)15-35-20-7-5-19(26)6-8-20/h2-8,13,18H,9-12,14-15H2,1H3,(H,27,28,34). The van der Waals surface area contributed by atoms with Gasteiger partial charge in [-0.25, -0.2) is 9.67 Å². The zero-order chi connectivity index (χ0) is 24.4. The highest BCUT2D eigenvalue weighted by molar-refractivity contribution is 6.30. The van der Waals surface area contributed by atoms with Crippen LogP contribution in [0.2, 0.25) is 5.02 Å². The van der Waals surface area contributed by atoms with E-state index in [0.29, 0.717) is 54.7 Å². The van der Waals surface area contributed by atoms with Gasteiger partial charge in [-0.2, -0.15) is 0 Å². The number of halogens is 1. The van der Waals surface area contributed by atoms with Crippen molar-refractivity contribution in [2.24, 2.45) is 0 Å². The van der Waals surface area contributed by atoms with E-state index in [1.165, 1.54) is 0 Å². The van der Waals surface area contributed by atoms with E-state index in [1.807, 2.05) is 25.1 Å². The topological polar surface area (TPSA) is 106 Å². The minimum atomic E-state index is -0.296. The number of likely N-dealkylation sites (tertiary alicyclic amines) is 1. The molecule has 0 aliphatic carbocycles. The number of rotatable bonds is 6. The molecule has 0 spiro atoms. The minimum Gasteiger partial charge on any atom is -0.484 e. The lowest BCUT2D eigenvalue weighted by molar-refractivity contribution is -0.134. The summed E-state index contributed by atoms with van der Waals surface area (Å²) in [7, 11) is 0. The van der Waals surface area contributed by atoms with E-state index >= 15 is 0 Å². The Hall–Kier alpha value is -3.72. The van der Waals surface area contributed by atoms with Crippen molar-refractivity contribution in [3.8, 4) is 5.75 Å². The first-order valence-corrected chi connectivity index (χ1v) is 11.9. The normalized spacial score (nSPS) is 14.4. The Balaban J connectivity index is 1.25. The number of nitrogens with zero attached hydrogens (tertiary/aromatic N) is 5. The maximum atomic E-state index is 12.7. The van der Waals surface area contributed by atoms with Crippen molar-refractivity contribution in [1.82, 2.24) is 29.9 Å². The summed E-state index contributed by atoms with van der Waals surface area (Å²) in [5.41, 5.74) is 2.62. The fourth-order valence-electron chi connectivity index (χ4n) is 4.34.